The lowest BCUT2D eigenvalue weighted by Crippen LogP contribution is -2.39. The van der Waals surface area contributed by atoms with Crippen LogP contribution in [0.15, 0.2) is 18.2 Å². The van der Waals surface area contributed by atoms with Crippen LogP contribution >= 0.6 is 23.4 Å². The van der Waals surface area contributed by atoms with E-state index in [4.69, 9.17) is 16.3 Å². The van der Waals surface area contributed by atoms with E-state index in [9.17, 15) is 4.79 Å². The van der Waals surface area contributed by atoms with Gasteiger partial charge in [0, 0.05) is 29.9 Å². The molecule has 156 valence electrons. The van der Waals surface area contributed by atoms with Gasteiger partial charge in [-0.25, -0.2) is 0 Å². The predicted molar refractivity (Wildman–Crippen MR) is 119 cm³/mol. The summed E-state index contributed by atoms with van der Waals surface area (Å²) >= 11 is 7.97. The zero-order chi connectivity index (χ0) is 20.1. The van der Waals surface area contributed by atoms with Crippen LogP contribution in [0.1, 0.15) is 45.6 Å². The number of amides is 1. The van der Waals surface area contributed by atoms with Crippen LogP contribution in [-0.4, -0.2) is 59.1 Å². The maximum Gasteiger partial charge on any atom is 0.282 e. The second kappa shape index (κ2) is 10.2. The van der Waals surface area contributed by atoms with E-state index in [2.05, 4.69) is 17.9 Å². The van der Waals surface area contributed by atoms with Gasteiger partial charge in [0.15, 0.2) is 0 Å². The summed E-state index contributed by atoms with van der Waals surface area (Å²) < 4.78 is 5.82. The minimum Gasteiger partial charge on any atom is -0.491 e. The first-order chi connectivity index (χ1) is 13.4. The Morgan fingerprint density at radius 3 is 2.71 bits per heavy atom. The van der Waals surface area contributed by atoms with Crippen molar-refractivity contribution < 1.29 is 9.53 Å². The molecule has 2 heterocycles. The number of hydrogen-bond acceptors (Lipinski definition) is 4. The van der Waals surface area contributed by atoms with Crippen molar-refractivity contribution in [3.8, 4) is 5.75 Å². The SMILES string of the molecule is CCCN1CC(CN2CCC(Cc3cc(OC(C)C)ccc3Cl)CC2)SC1=O. The smallest absolute Gasteiger partial charge is 0.282 e. The molecule has 2 aliphatic heterocycles. The van der Waals surface area contributed by atoms with E-state index in [1.54, 1.807) is 0 Å². The fourth-order valence-corrected chi connectivity index (χ4v) is 5.48. The fourth-order valence-electron chi connectivity index (χ4n) is 4.15. The van der Waals surface area contributed by atoms with E-state index in [1.807, 2.05) is 30.9 Å². The van der Waals surface area contributed by atoms with Gasteiger partial charge in [-0.1, -0.05) is 30.3 Å². The third-order valence-corrected chi connectivity index (χ3v) is 6.97. The second-order valence-corrected chi connectivity index (χ2v) is 9.98. The lowest BCUT2D eigenvalue weighted by atomic mass is 9.90. The molecule has 1 unspecified atom stereocenters. The molecule has 4 nitrogen and oxygen atoms in total. The highest BCUT2D eigenvalue weighted by Gasteiger charge is 2.32. The number of likely N-dealkylation sites (tertiary alicyclic amines) is 1. The average molecular weight is 425 g/mol. The Morgan fingerprint density at radius 1 is 1.29 bits per heavy atom. The second-order valence-electron chi connectivity index (χ2n) is 8.32. The number of piperidine rings is 1. The normalized spacial score (nSPS) is 21.7. The summed E-state index contributed by atoms with van der Waals surface area (Å²) in [6.45, 7) is 11.3. The number of halogens is 1. The standard InChI is InChI=1S/C22H33ClN2O2S/c1-4-9-25-15-20(28-22(25)26)14-24-10-7-17(8-11-24)12-18-13-19(27-16(2)3)5-6-21(18)23/h5-6,13,16-17,20H,4,7-12,14-15H2,1-3H3. The van der Waals surface area contributed by atoms with E-state index in [1.165, 1.54) is 30.2 Å². The molecule has 1 amide bonds. The number of benzene rings is 1. The molecule has 1 aromatic rings. The summed E-state index contributed by atoms with van der Waals surface area (Å²) in [6, 6.07) is 6.02. The van der Waals surface area contributed by atoms with Crippen LogP contribution in [0.5, 0.6) is 5.75 Å². The lowest BCUT2D eigenvalue weighted by Gasteiger charge is -2.33. The molecule has 0 radical (unpaired) electrons. The van der Waals surface area contributed by atoms with Crippen LogP contribution in [0.25, 0.3) is 0 Å². The van der Waals surface area contributed by atoms with Crippen LogP contribution in [0.3, 0.4) is 0 Å². The summed E-state index contributed by atoms with van der Waals surface area (Å²) in [7, 11) is 0. The van der Waals surface area contributed by atoms with Crippen molar-refractivity contribution in [1.29, 1.82) is 0 Å². The van der Waals surface area contributed by atoms with Crippen molar-refractivity contribution in [1.82, 2.24) is 9.80 Å². The molecule has 2 saturated heterocycles. The number of hydrogen-bond donors (Lipinski definition) is 0. The third kappa shape index (κ3) is 6.04. The average Bonchev–Trinajstić information content (AvgIpc) is 2.98. The highest BCUT2D eigenvalue weighted by Crippen LogP contribution is 2.31. The molecule has 0 bridgehead atoms. The van der Waals surface area contributed by atoms with Crippen LogP contribution < -0.4 is 4.74 Å². The van der Waals surface area contributed by atoms with Gasteiger partial charge in [-0.3, -0.25) is 4.79 Å². The molecule has 6 heteroatoms. The minimum atomic E-state index is 0.172. The van der Waals surface area contributed by atoms with Gasteiger partial charge in [-0.2, -0.15) is 0 Å². The van der Waals surface area contributed by atoms with Crippen molar-refractivity contribution in [3.05, 3.63) is 28.8 Å². The topological polar surface area (TPSA) is 32.8 Å². The Morgan fingerprint density at radius 2 is 2.04 bits per heavy atom. The van der Waals surface area contributed by atoms with Gasteiger partial charge in [0.2, 0.25) is 0 Å². The monoisotopic (exact) mass is 424 g/mol. The highest BCUT2D eigenvalue weighted by molar-refractivity contribution is 8.14. The Balaban J connectivity index is 1.46. The summed E-state index contributed by atoms with van der Waals surface area (Å²) in [4.78, 5) is 16.6. The van der Waals surface area contributed by atoms with Gasteiger partial charge in [0.05, 0.1) is 6.10 Å². The molecule has 3 rings (SSSR count). The molecular formula is C22H33ClN2O2S. The Bertz CT molecular complexity index is 662. The van der Waals surface area contributed by atoms with Crippen LogP contribution in [-0.2, 0) is 6.42 Å². The molecule has 0 N–H and O–H groups in total. The van der Waals surface area contributed by atoms with Gasteiger partial charge in [0.25, 0.3) is 5.24 Å². The number of carbonyl (C=O) groups is 1. The minimum absolute atomic E-state index is 0.172. The van der Waals surface area contributed by atoms with E-state index in [0.29, 0.717) is 11.2 Å². The molecule has 2 fully saturated rings. The third-order valence-electron chi connectivity index (χ3n) is 5.51. The first-order valence-electron chi connectivity index (χ1n) is 10.6. The summed E-state index contributed by atoms with van der Waals surface area (Å²) in [5.41, 5.74) is 1.20. The first kappa shape index (κ1) is 21.8. The molecule has 2 aliphatic rings. The predicted octanol–water partition coefficient (Wildman–Crippen LogP) is 5.33. The van der Waals surface area contributed by atoms with Crippen LogP contribution in [0.4, 0.5) is 4.79 Å². The largest absolute Gasteiger partial charge is 0.491 e. The van der Waals surface area contributed by atoms with E-state index in [-0.39, 0.29) is 11.3 Å². The number of ether oxygens (including phenoxy) is 1. The number of rotatable bonds is 8. The molecule has 0 saturated carbocycles. The van der Waals surface area contributed by atoms with Gasteiger partial charge >= 0.3 is 0 Å². The van der Waals surface area contributed by atoms with Gasteiger partial charge < -0.3 is 14.5 Å². The number of carbonyl (C=O) groups excluding carboxylic acids is 1. The number of thioether (sulfide) groups is 1. The van der Waals surface area contributed by atoms with Crippen LogP contribution in [0, 0.1) is 5.92 Å². The summed E-state index contributed by atoms with van der Waals surface area (Å²) in [6.07, 6.45) is 4.61. The molecule has 1 atom stereocenters. The van der Waals surface area contributed by atoms with E-state index >= 15 is 0 Å². The maximum absolute atomic E-state index is 12.0. The van der Waals surface area contributed by atoms with Gasteiger partial charge in [-0.05, 0) is 82.3 Å². The first-order valence-corrected chi connectivity index (χ1v) is 11.8. The van der Waals surface area contributed by atoms with E-state index in [0.717, 1.165) is 56.3 Å². The Hall–Kier alpha value is -0.910. The van der Waals surface area contributed by atoms with E-state index < -0.39 is 0 Å². The van der Waals surface area contributed by atoms with Crippen molar-refractivity contribution >= 4 is 28.6 Å². The molecule has 0 spiro atoms. The zero-order valence-corrected chi connectivity index (χ0v) is 18.9. The van der Waals surface area contributed by atoms with Crippen molar-refractivity contribution in [3.63, 3.8) is 0 Å². The van der Waals surface area contributed by atoms with Crippen molar-refractivity contribution in [2.24, 2.45) is 5.92 Å². The quantitative estimate of drug-likeness (QED) is 0.564. The lowest BCUT2D eigenvalue weighted by molar-refractivity contribution is 0.179. The van der Waals surface area contributed by atoms with Crippen LogP contribution in [0.2, 0.25) is 5.02 Å². The fraction of sp³-hybridized carbons (Fsp3) is 0.682. The number of nitrogens with zero attached hydrogens (tertiary/aromatic N) is 2. The maximum atomic E-state index is 12.0. The molecule has 0 aromatic heterocycles. The summed E-state index contributed by atoms with van der Waals surface area (Å²) in [5.74, 6) is 1.57. The highest BCUT2D eigenvalue weighted by atomic mass is 35.5. The van der Waals surface area contributed by atoms with Crippen molar-refractivity contribution in [2.45, 2.75) is 57.8 Å². The Labute approximate surface area is 178 Å². The van der Waals surface area contributed by atoms with Crippen molar-refractivity contribution in [2.75, 3.05) is 32.7 Å². The van der Waals surface area contributed by atoms with Gasteiger partial charge in [-0.15, -0.1) is 0 Å². The Kier molecular flexibility index (Phi) is 7.95. The van der Waals surface area contributed by atoms with Gasteiger partial charge in [0.1, 0.15) is 5.75 Å². The molecular weight excluding hydrogens is 392 g/mol. The zero-order valence-electron chi connectivity index (χ0n) is 17.3. The molecule has 28 heavy (non-hydrogen) atoms. The summed E-state index contributed by atoms with van der Waals surface area (Å²) in [5, 5.41) is 1.53. The molecule has 1 aromatic carbocycles. The molecule has 0 aliphatic carbocycles.